The first kappa shape index (κ1) is 11.6. The van der Waals surface area contributed by atoms with Crippen molar-refractivity contribution in [1.82, 2.24) is 0 Å². The summed E-state index contributed by atoms with van der Waals surface area (Å²) in [6, 6.07) is 8.03. The second-order valence-electron chi connectivity index (χ2n) is 3.69. The van der Waals surface area contributed by atoms with E-state index in [1.165, 1.54) is 5.56 Å². The zero-order valence-electron chi connectivity index (χ0n) is 9.25. The van der Waals surface area contributed by atoms with Gasteiger partial charge in [-0.05, 0) is 18.9 Å². The molecule has 80 valence electrons. The van der Waals surface area contributed by atoms with Gasteiger partial charge in [-0.15, -0.1) is 0 Å². The van der Waals surface area contributed by atoms with Gasteiger partial charge in [-0.2, -0.15) is 0 Å². The van der Waals surface area contributed by atoms with Gasteiger partial charge >= 0.3 is 0 Å². The highest BCUT2D eigenvalue weighted by Gasteiger charge is 2.10. The predicted molar refractivity (Wildman–Crippen MR) is 59.8 cm³/mol. The average Bonchev–Trinajstić information content (AvgIpc) is 2.26. The third-order valence-electron chi connectivity index (χ3n) is 2.39. The van der Waals surface area contributed by atoms with Crippen molar-refractivity contribution in [2.75, 3.05) is 0 Å². The maximum atomic E-state index is 11.3. The number of benzene rings is 1. The molecule has 0 saturated carbocycles. The summed E-state index contributed by atoms with van der Waals surface area (Å²) in [5.74, 6) is -0.514. The van der Waals surface area contributed by atoms with Crippen LogP contribution in [0.3, 0.4) is 0 Å². The molecule has 0 radical (unpaired) electrons. The van der Waals surface area contributed by atoms with Gasteiger partial charge in [-0.1, -0.05) is 36.8 Å². The summed E-state index contributed by atoms with van der Waals surface area (Å²) < 4.78 is 0. The molecule has 0 aliphatic heterocycles. The van der Waals surface area contributed by atoms with Crippen LogP contribution in [0.25, 0.3) is 0 Å². The summed E-state index contributed by atoms with van der Waals surface area (Å²) in [7, 11) is 0. The minimum absolute atomic E-state index is 0.252. The molecule has 0 amide bonds. The predicted octanol–water partition coefficient (Wildman–Crippen LogP) is 2.48. The Balaban J connectivity index is 2.47. The molecule has 0 aliphatic carbocycles. The van der Waals surface area contributed by atoms with Crippen molar-refractivity contribution in [1.29, 1.82) is 0 Å². The van der Waals surface area contributed by atoms with Crippen molar-refractivity contribution in [3.05, 3.63) is 35.4 Å². The summed E-state index contributed by atoms with van der Waals surface area (Å²) >= 11 is 0. The maximum Gasteiger partial charge on any atom is 0.198 e. The van der Waals surface area contributed by atoms with Crippen LogP contribution in [0, 0.1) is 6.92 Å². The Kier molecular flexibility index (Phi) is 4.22. The molecule has 0 atom stereocenters. The van der Waals surface area contributed by atoms with Crippen molar-refractivity contribution in [3.63, 3.8) is 0 Å². The second kappa shape index (κ2) is 5.44. The largest absolute Gasteiger partial charge is 0.291 e. The van der Waals surface area contributed by atoms with Crippen LogP contribution in [-0.2, 0) is 16.0 Å². The Morgan fingerprint density at radius 2 is 1.67 bits per heavy atom. The zero-order valence-corrected chi connectivity index (χ0v) is 9.25. The highest BCUT2D eigenvalue weighted by Crippen LogP contribution is 2.06. The summed E-state index contributed by atoms with van der Waals surface area (Å²) in [5, 5.41) is 0. The van der Waals surface area contributed by atoms with E-state index >= 15 is 0 Å². The third-order valence-corrected chi connectivity index (χ3v) is 2.39. The monoisotopic (exact) mass is 204 g/mol. The van der Waals surface area contributed by atoms with E-state index in [1.807, 2.05) is 31.2 Å². The molecule has 1 rings (SSSR count). The highest BCUT2D eigenvalue weighted by atomic mass is 16.2. The van der Waals surface area contributed by atoms with E-state index in [0.717, 1.165) is 5.56 Å². The molecule has 0 aromatic heterocycles. The van der Waals surface area contributed by atoms with Gasteiger partial charge in [0.25, 0.3) is 0 Å². The molecule has 0 saturated heterocycles. The van der Waals surface area contributed by atoms with Crippen molar-refractivity contribution in [3.8, 4) is 0 Å². The number of hydrogen-bond acceptors (Lipinski definition) is 2. The van der Waals surface area contributed by atoms with E-state index in [2.05, 4.69) is 0 Å². The van der Waals surface area contributed by atoms with Crippen LogP contribution >= 0.6 is 0 Å². The van der Waals surface area contributed by atoms with E-state index in [-0.39, 0.29) is 11.6 Å². The van der Waals surface area contributed by atoms with Crippen molar-refractivity contribution in [2.45, 2.75) is 33.1 Å². The Labute approximate surface area is 90.3 Å². The van der Waals surface area contributed by atoms with Crippen LogP contribution < -0.4 is 0 Å². The number of carbonyl (C=O) groups is 2. The Morgan fingerprint density at radius 1 is 1.07 bits per heavy atom. The summed E-state index contributed by atoms with van der Waals surface area (Å²) in [6.45, 7) is 3.74. The fourth-order valence-corrected chi connectivity index (χ4v) is 1.35. The van der Waals surface area contributed by atoms with Crippen LogP contribution in [0.5, 0.6) is 0 Å². The molecule has 1 aromatic carbocycles. The van der Waals surface area contributed by atoms with Crippen LogP contribution in [0.15, 0.2) is 24.3 Å². The van der Waals surface area contributed by atoms with Crippen LogP contribution in [0.1, 0.15) is 30.9 Å². The smallest absolute Gasteiger partial charge is 0.198 e. The standard InChI is InChI=1S/C13H16O2/c1-3-12(14)13(15)9-8-11-6-4-10(2)5-7-11/h4-7H,3,8-9H2,1-2H3. The Morgan fingerprint density at radius 3 is 2.20 bits per heavy atom. The normalized spacial score (nSPS) is 10.0. The molecule has 0 unspecified atom stereocenters. The van der Waals surface area contributed by atoms with E-state index in [4.69, 9.17) is 0 Å². The number of carbonyl (C=O) groups excluding carboxylic acids is 2. The van der Waals surface area contributed by atoms with Gasteiger partial charge in [0.1, 0.15) is 0 Å². The van der Waals surface area contributed by atoms with Gasteiger partial charge in [0.2, 0.25) is 0 Å². The molecule has 2 nitrogen and oxygen atoms in total. The Hall–Kier alpha value is -1.44. The number of aryl methyl sites for hydroxylation is 2. The lowest BCUT2D eigenvalue weighted by Crippen LogP contribution is -2.12. The van der Waals surface area contributed by atoms with Gasteiger partial charge in [-0.25, -0.2) is 0 Å². The number of ketones is 2. The topological polar surface area (TPSA) is 34.1 Å². The van der Waals surface area contributed by atoms with Crippen molar-refractivity contribution < 1.29 is 9.59 Å². The number of hydrogen-bond donors (Lipinski definition) is 0. The fourth-order valence-electron chi connectivity index (χ4n) is 1.35. The zero-order chi connectivity index (χ0) is 11.3. The van der Waals surface area contributed by atoms with E-state index in [9.17, 15) is 9.59 Å². The van der Waals surface area contributed by atoms with Crippen LogP contribution in [-0.4, -0.2) is 11.6 Å². The molecule has 0 heterocycles. The molecule has 0 aliphatic rings. The highest BCUT2D eigenvalue weighted by molar-refractivity contribution is 6.37. The third kappa shape index (κ3) is 3.66. The molecule has 0 fully saturated rings. The summed E-state index contributed by atoms with van der Waals surface area (Å²) in [6.07, 6.45) is 1.30. The van der Waals surface area contributed by atoms with Crippen molar-refractivity contribution in [2.24, 2.45) is 0 Å². The van der Waals surface area contributed by atoms with Gasteiger partial charge < -0.3 is 0 Å². The van der Waals surface area contributed by atoms with E-state index < -0.39 is 0 Å². The van der Waals surface area contributed by atoms with Gasteiger partial charge in [0, 0.05) is 12.8 Å². The first-order valence-electron chi connectivity index (χ1n) is 5.25. The molecule has 2 heteroatoms. The first-order chi connectivity index (χ1) is 7.13. The maximum absolute atomic E-state index is 11.3. The average molecular weight is 204 g/mol. The molecule has 0 spiro atoms. The van der Waals surface area contributed by atoms with Crippen LogP contribution in [0.2, 0.25) is 0 Å². The van der Waals surface area contributed by atoms with Crippen molar-refractivity contribution >= 4 is 11.6 Å². The number of rotatable bonds is 5. The van der Waals surface area contributed by atoms with E-state index in [0.29, 0.717) is 19.3 Å². The molecular formula is C13H16O2. The lowest BCUT2D eigenvalue weighted by atomic mass is 10.0. The van der Waals surface area contributed by atoms with Crippen LogP contribution in [0.4, 0.5) is 0 Å². The van der Waals surface area contributed by atoms with Gasteiger partial charge in [-0.3, -0.25) is 9.59 Å². The minimum atomic E-state index is -0.262. The molecule has 0 bridgehead atoms. The SMILES string of the molecule is CCC(=O)C(=O)CCc1ccc(C)cc1. The van der Waals surface area contributed by atoms with E-state index in [1.54, 1.807) is 6.92 Å². The fraction of sp³-hybridized carbons (Fsp3) is 0.385. The minimum Gasteiger partial charge on any atom is -0.291 e. The summed E-state index contributed by atoms with van der Waals surface area (Å²) in [5.41, 5.74) is 2.31. The Bertz CT molecular complexity index is 349. The molecule has 1 aromatic rings. The molecule has 0 N–H and O–H groups in total. The first-order valence-corrected chi connectivity index (χ1v) is 5.25. The number of Topliss-reactive ketones (excluding diaryl/α,β-unsaturated/α-hetero) is 2. The van der Waals surface area contributed by atoms with Gasteiger partial charge in [0.05, 0.1) is 0 Å². The lowest BCUT2D eigenvalue weighted by molar-refractivity contribution is -0.136. The van der Waals surface area contributed by atoms with Gasteiger partial charge in [0.15, 0.2) is 11.6 Å². The molecule has 15 heavy (non-hydrogen) atoms. The molecular weight excluding hydrogens is 188 g/mol. The quantitative estimate of drug-likeness (QED) is 0.690. The summed E-state index contributed by atoms with van der Waals surface area (Å²) in [4.78, 5) is 22.3. The lowest BCUT2D eigenvalue weighted by Gasteiger charge is -2.00. The second-order valence-corrected chi connectivity index (χ2v) is 3.69.